The minimum absolute atomic E-state index is 0.0164. The van der Waals surface area contributed by atoms with Crippen LogP contribution in [0.1, 0.15) is 31.7 Å². The number of hydrogen-bond acceptors (Lipinski definition) is 3. The number of pyridine rings is 1. The van der Waals surface area contributed by atoms with Gasteiger partial charge in [-0.05, 0) is 49.9 Å². The van der Waals surface area contributed by atoms with Gasteiger partial charge >= 0.3 is 5.69 Å². The van der Waals surface area contributed by atoms with Crippen molar-refractivity contribution in [1.29, 1.82) is 0 Å². The van der Waals surface area contributed by atoms with Crippen molar-refractivity contribution >= 4 is 33.5 Å². The summed E-state index contributed by atoms with van der Waals surface area (Å²) < 4.78 is 5.84. The van der Waals surface area contributed by atoms with Gasteiger partial charge in [0.05, 0.1) is 22.2 Å². The minimum atomic E-state index is 0.0164. The molecule has 3 aromatic heterocycles. The number of nitrogens with zero attached hydrogens (tertiary/aromatic N) is 4. The van der Waals surface area contributed by atoms with Crippen molar-refractivity contribution in [3.8, 4) is 11.4 Å². The molecule has 0 amide bonds. The summed E-state index contributed by atoms with van der Waals surface area (Å²) in [4.78, 5) is 17.6. The van der Waals surface area contributed by atoms with Gasteiger partial charge in [0.25, 0.3) is 0 Å². The van der Waals surface area contributed by atoms with Crippen LogP contribution >= 0.6 is 11.6 Å². The monoisotopic (exact) mass is 410 g/mol. The maximum atomic E-state index is 12.9. The SMILES string of the molecule is Cn1c(=O)n(C2CC2)c2ccnc(-c3cc4ccc(Cl)cc4n3CCCCO)c21. The summed E-state index contributed by atoms with van der Waals surface area (Å²) in [5, 5.41) is 11.0. The average molecular weight is 411 g/mol. The second kappa shape index (κ2) is 7.04. The van der Waals surface area contributed by atoms with Gasteiger partial charge in [0.15, 0.2) is 0 Å². The third-order valence-corrected chi connectivity index (χ3v) is 6.04. The number of aryl methyl sites for hydroxylation is 2. The van der Waals surface area contributed by atoms with Crippen molar-refractivity contribution in [2.24, 2.45) is 7.05 Å². The lowest BCUT2D eigenvalue weighted by Gasteiger charge is -2.12. The van der Waals surface area contributed by atoms with Gasteiger partial charge in [0.1, 0.15) is 5.69 Å². The summed E-state index contributed by atoms with van der Waals surface area (Å²) >= 11 is 6.28. The molecule has 4 aromatic rings. The number of hydrogen-bond donors (Lipinski definition) is 1. The van der Waals surface area contributed by atoms with Crippen LogP contribution in [0.25, 0.3) is 33.3 Å². The zero-order valence-electron chi connectivity index (χ0n) is 16.3. The average Bonchev–Trinajstić information content (AvgIpc) is 3.44. The van der Waals surface area contributed by atoms with Crippen molar-refractivity contribution in [2.75, 3.05) is 6.61 Å². The van der Waals surface area contributed by atoms with Crippen molar-refractivity contribution < 1.29 is 5.11 Å². The quantitative estimate of drug-likeness (QED) is 0.486. The van der Waals surface area contributed by atoms with Gasteiger partial charge in [0, 0.05) is 42.8 Å². The number of benzene rings is 1. The zero-order valence-corrected chi connectivity index (χ0v) is 17.1. The summed E-state index contributed by atoms with van der Waals surface area (Å²) in [5.74, 6) is 0. The number of imidazole rings is 1. The second-order valence-electron chi connectivity index (χ2n) is 7.79. The summed E-state index contributed by atoms with van der Waals surface area (Å²) in [7, 11) is 1.82. The third kappa shape index (κ3) is 2.98. The molecule has 1 aliphatic rings. The molecule has 0 bridgehead atoms. The molecule has 0 radical (unpaired) electrons. The first kappa shape index (κ1) is 18.5. The fraction of sp³-hybridized carbons (Fsp3) is 0.364. The first-order chi connectivity index (χ1) is 14.1. The molecule has 0 saturated heterocycles. The van der Waals surface area contributed by atoms with Gasteiger partial charge in [-0.1, -0.05) is 17.7 Å². The number of halogens is 1. The Morgan fingerprint density at radius 2 is 2.00 bits per heavy atom. The molecular formula is C22H23ClN4O2. The number of aromatic nitrogens is 4. The third-order valence-electron chi connectivity index (χ3n) is 5.80. The number of fused-ring (bicyclic) bond motifs is 2. The van der Waals surface area contributed by atoms with Crippen molar-refractivity contribution in [1.82, 2.24) is 18.7 Å². The Bertz CT molecular complexity index is 1280. The molecule has 0 unspecified atom stereocenters. The summed E-state index contributed by atoms with van der Waals surface area (Å²) in [6.07, 6.45) is 5.47. The highest BCUT2D eigenvalue weighted by atomic mass is 35.5. The Morgan fingerprint density at radius 1 is 1.17 bits per heavy atom. The molecule has 3 heterocycles. The molecule has 150 valence electrons. The topological polar surface area (TPSA) is 65.0 Å². The normalized spacial score (nSPS) is 14.3. The van der Waals surface area contributed by atoms with Crippen LogP contribution in [0.3, 0.4) is 0 Å². The molecule has 0 aliphatic heterocycles. The molecule has 0 atom stereocenters. The van der Waals surface area contributed by atoms with Crippen LogP contribution in [0.5, 0.6) is 0 Å². The molecular weight excluding hydrogens is 388 g/mol. The van der Waals surface area contributed by atoms with E-state index in [9.17, 15) is 9.90 Å². The lowest BCUT2D eigenvalue weighted by molar-refractivity contribution is 0.281. The fourth-order valence-electron chi connectivity index (χ4n) is 4.25. The van der Waals surface area contributed by atoms with E-state index in [2.05, 4.69) is 10.6 Å². The molecule has 1 N–H and O–H groups in total. The molecule has 1 fully saturated rings. The van der Waals surface area contributed by atoms with Crippen LogP contribution in [0, 0.1) is 0 Å². The molecule has 6 nitrogen and oxygen atoms in total. The van der Waals surface area contributed by atoms with E-state index in [-0.39, 0.29) is 12.3 Å². The lowest BCUT2D eigenvalue weighted by atomic mass is 10.2. The van der Waals surface area contributed by atoms with E-state index >= 15 is 0 Å². The summed E-state index contributed by atoms with van der Waals surface area (Å²) in [5.41, 5.74) is 4.63. The molecule has 1 aliphatic carbocycles. The minimum Gasteiger partial charge on any atom is -0.396 e. The highest BCUT2D eigenvalue weighted by Gasteiger charge is 2.29. The van der Waals surface area contributed by atoms with E-state index in [1.807, 2.05) is 35.9 Å². The molecule has 7 heteroatoms. The van der Waals surface area contributed by atoms with E-state index < -0.39 is 0 Å². The number of aliphatic hydroxyl groups is 1. The highest BCUT2D eigenvalue weighted by Crippen LogP contribution is 2.38. The van der Waals surface area contributed by atoms with Gasteiger partial charge in [0.2, 0.25) is 0 Å². The van der Waals surface area contributed by atoms with Crippen LogP contribution in [0.2, 0.25) is 5.02 Å². The van der Waals surface area contributed by atoms with Crippen LogP contribution < -0.4 is 5.69 Å². The number of unbranched alkanes of at least 4 members (excludes halogenated alkanes) is 1. The van der Waals surface area contributed by atoms with Crippen molar-refractivity contribution in [2.45, 2.75) is 38.3 Å². The zero-order chi connectivity index (χ0) is 20.1. The van der Waals surface area contributed by atoms with E-state index in [1.165, 1.54) is 0 Å². The number of rotatable bonds is 6. The van der Waals surface area contributed by atoms with E-state index in [0.29, 0.717) is 11.1 Å². The molecule has 29 heavy (non-hydrogen) atoms. The Labute approximate surface area is 173 Å². The largest absolute Gasteiger partial charge is 0.396 e. The van der Waals surface area contributed by atoms with Crippen molar-refractivity contribution in [3.05, 3.63) is 52.0 Å². The van der Waals surface area contributed by atoms with E-state index in [0.717, 1.165) is 65.6 Å². The number of aliphatic hydroxyl groups excluding tert-OH is 1. The van der Waals surface area contributed by atoms with E-state index in [1.54, 1.807) is 10.8 Å². The molecule has 5 rings (SSSR count). The van der Waals surface area contributed by atoms with Gasteiger partial charge in [-0.15, -0.1) is 0 Å². The van der Waals surface area contributed by atoms with Gasteiger partial charge in [-0.25, -0.2) is 4.79 Å². The van der Waals surface area contributed by atoms with Gasteiger partial charge in [-0.2, -0.15) is 0 Å². The summed E-state index contributed by atoms with van der Waals surface area (Å²) in [6.45, 7) is 0.914. The molecule has 0 spiro atoms. The standard InChI is InChI=1S/C22H23ClN4O2/c1-25-21-17(27(22(25)29)16-6-7-16)8-9-24-20(21)19-12-14-4-5-15(23)13-18(14)26(19)10-2-3-11-28/h4-5,8-9,12-13,16,28H,2-3,6-7,10-11H2,1H3. The Morgan fingerprint density at radius 3 is 2.76 bits per heavy atom. The van der Waals surface area contributed by atoms with Crippen LogP contribution in [0.15, 0.2) is 41.3 Å². The molecule has 1 aromatic carbocycles. The first-order valence-electron chi connectivity index (χ1n) is 10.1. The Hall–Kier alpha value is -2.57. The fourth-order valence-corrected chi connectivity index (χ4v) is 4.41. The Balaban J connectivity index is 1.77. The summed E-state index contributed by atoms with van der Waals surface area (Å²) in [6, 6.07) is 10.2. The molecule has 1 saturated carbocycles. The predicted octanol–water partition coefficient (Wildman–Crippen LogP) is 4.12. The smallest absolute Gasteiger partial charge is 0.329 e. The van der Waals surface area contributed by atoms with Gasteiger partial charge in [-0.3, -0.25) is 14.1 Å². The Kier molecular flexibility index (Phi) is 4.48. The first-order valence-corrected chi connectivity index (χ1v) is 10.4. The predicted molar refractivity (Wildman–Crippen MR) is 116 cm³/mol. The van der Waals surface area contributed by atoms with Gasteiger partial charge < -0.3 is 9.67 Å². The maximum absolute atomic E-state index is 12.9. The second-order valence-corrected chi connectivity index (χ2v) is 8.22. The highest BCUT2D eigenvalue weighted by molar-refractivity contribution is 6.31. The van der Waals surface area contributed by atoms with Crippen LogP contribution in [-0.2, 0) is 13.6 Å². The van der Waals surface area contributed by atoms with Crippen molar-refractivity contribution in [3.63, 3.8) is 0 Å². The maximum Gasteiger partial charge on any atom is 0.329 e. The lowest BCUT2D eigenvalue weighted by Crippen LogP contribution is -2.21. The van der Waals surface area contributed by atoms with Crippen LogP contribution in [-0.4, -0.2) is 30.4 Å². The van der Waals surface area contributed by atoms with Crippen LogP contribution in [0.4, 0.5) is 0 Å². The van der Waals surface area contributed by atoms with E-state index in [4.69, 9.17) is 16.6 Å².